The number of nitrogens with zero attached hydrogens (tertiary/aromatic N) is 2. The van der Waals surface area contributed by atoms with Crippen molar-refractivity contribution in [1.29, 1.82) is 5.26 Å². The Morgan fingerprint density at radius 2 is 2.38 bits per heavy atom. The van der Waals surface area contributed by atoms with E-state index in [1.807, 2.05) is 6.07 Å². The fourth-order valence-electron chi connectivity index (χ4n) is 0.918. The summed E-state index contributed by atoms with van der Waals surface area (Å²) in [5, 5.41) is 7.83. The standard InChI is InChI=1S/C9H10FN3O2S/c1-7(5-11)6-13-16(14,15)9-8(10)3-2-4-12-9/h2-4,7,13H,6H2,1H3. The maximum absolute atomic E-state index is 13.1. The van der Waals surface area contributed by atoms with Crippen LogP contribution < -0.4 is 4.72 Å². The molecule has 1 unspecified atom stereocenters. The summed E-state index contributed by atoms with van der Waals surface area (Å²) >= 11 is 0. The molecule has 1 aromatic rings. The first kappa shape index (κ1) is 12.5. The summed E-state index contributed by atoms with van der Waals surface area (Å²) in [6, 6.07) is 4.17. The van der Waals surface area contributed by atoms with E-state index in [0.717, 1.165) is 6.07 Å². The van der Waals surface area contributed by atoms with Gasteiger partial charge in [-0.2, -0.15) is 5.26 Å². The zero-order valence-corrected chi connectivity index (χ0v) is 9.33. The van der Waals surface area contributed by atoms with Crippen LogP contribution in [0.15, 0.2) is 23.4 Å². The van der Waals surface area contributed by atoms with Crippen molar-refractivity contribution in [2.45, 2.75) is 11.9 Å². The highest BCUT2D eigenvalue weighted by molar-refractivity contribution is 7.89. The van der Waals surface area contributed by atoms with Crippen LogP contribution in [0.5, 0.6) is 0 Å². The van der Waals surface area contributed by atoms with Gasteiger partial charge in [0.2, 0.25) is 5.03 Å². The summed E-state index contributed by atoms with van der Waals surface area (Å²) in [6.45, 7) is 1.48. The Bertz CT molecular complexity index is 510. The van der Waals surface area contributed by atoms with Crippen LogP contribution in [0, 0.1) is 23.1 Å². The number of pyridine rings is 1. The zero-order chi connectivity index (χ0) is 12.2. The van der Waals surface area contributed by atoms with Crippen LogP contribution in [-0.2, 0) is 10.0 Å². The van der Waals surface area contributed by atoms with Crippen molar-refractivity contribution in [3.63, 3.8) is 0 Å². The smallest absolute Gasteiger partial charge is 0.241 e. The average molecular weight is 243 g/mol. The number of hydrogen-bond donors (Lipinski definition) is 1. The Balaban J connectivity index is 2.88. The molecule has 0 bridgehead atoms. The molecule has 16 heavy (non-hydrogen) atoms. The molecule has 0 fully saturated rings. The Morgan fingerprint density at radius 1 is 1.69 bits per heavy atom. The van der Waals surface area contributed by atoms with Gasteiger partial charge in [-0.1, -0.05) is 0 Å². The Labute approximate surface area is 93.0 Å². The van der Waals surface area contributed by atoms with Gasteiger partial charge in [-0.25, -0.2) is 22.5 Å². The molecule has 0 saturated heterocycles. The van der Waals surface area contributed by atoms with Crippen molar-refractivity contribution >= 4 is 10.0 Å². The molecule has 1 N–H and O–H groups in total. The van der Waals surface area contributed by atoms with E-state index in [0.29, 0.717) is 0 Å². The molecular weight excluding hydrogens is 233 g/mol. The van der Waals surface area contributed by atoms with Gasteiger partial charge < -0.3 is 0 Å². The van der Waals surface area contributed by atoms with E-state index in [1.54, 1.807) is 6.92 Å². The molecule has 0 radical (unpaired) electrons. The number of rotatable bonds is 4. The SMILES string of the molecule is CC(C#N)CNS(=O)(=O)c1ncccc1F. The van der Waals surface area contributed by atoms with Gasteiger partial charge in [-0.05, 0) is 19.1 Å². The zero-order valence-electron chi connectivity index (χ0n) is 8.51. The van der Waals surface area contributed by atoms with Gasteiger partial charge in [0.15, 0.2) is 5.82 Å². The molecule has 0 spiro atoms. The average Bonchev–Trinajstić information content (AvgIpc) is 2.26. The van der Waals surface area contributed by atoms with Crippen molar-refractivity contribution in [2.75, 3.05) is 6.54 Å². The van der Waals surface area contributed by atoms with E-state index in [9.17, 15) is 12.8 Å². The molecule has 86 valence electrons. The normalized spacial score (nSPS) is 13.1. The second-order valence-corrected chi connectivity index (χ2v) is 4.85. The first-order valence-electron chi connectivity index (χ1n) is 4.47. The van der Waals surface area contributed by atoms with Crippen molar-refractivity contribution < 1.29 is 12.8 Å². The lowest BCUT2D eigenvalue weighted by Gasteiger charge is -2.07. The maximum Gasteiger partial charge on any atom is 0.261 e. The molecule has 1 heterocycles. The van der Waals surface area contributed by atoms with Gasteiger partial charge in [0.25, 0.3) is 10.0 Å². The maximum atomic E-state index is 13.1. The van der Waals surface area contributed by atoms with E-state index >= 15 is 0 Å². The Morgan fingerprint density at radius 3 is 2.94 bits per heavy atom. The first-order chi connectivity index (χ1) is 7.47. The summed E-state index contributed by atoms with van der Waals surface area (Å²) in [5.74, 6) is -1.40. The summed E-state index contributed by atoms with van der Waals surface area (Å²) in [5.41, 5.74) is 0. The minimum Gasteiger partial charge on any atom is -0.241 e. The molecular formula is C9H10FN3O2S. The highest BCUT2D eigenvalue weighted by atomic mass is 32.2. The van der Waals surface area contributed by atoms with E-state index in [2.05, 4.69) is 9.71 Å². The van der Waals surface area contributed by atoms with Crippen LogP contribution >= 0.6 is 0 Å². The van der Waals surface area contributed by atoms with E-state index in [4.69, 9.17) is 5.26 Å². The number of aromatic nitrogens is 1. The third-order valence-electron chi connectivity index (χ3n) is 1.78. The fraction of sp³-hybridized carbons (Fsp3) is 0.333. The molecule has 1 atom stereocenters. The number of nitrogens with one attached hydrogen (secondary N) is 1. The van der Waals surface area contributed by atoms with Gasteiger partial charge in [0.1, 0.15) is 0 Å². The highest BCUT2D eigenvalue weighted by Gasteiger charge is 2.20. The van der Waals surface area contributed by atoms with Crippen LogP contribution in [0.1, 0.15) is 6.92 Å². The lowest BCUT2D eigenvalue weighted by atomic mass is 10.2. The molecule has 5 nitrogen and oxygen atoms in total. The summed E-state index contributed by atoms with van der Waals surface area (Å²) < 4.78 is 38.4. The number of hydrogen-bond acceptors (Lipinski definition) is 4. The second-order valence-electron chi connectivity index (χ2n) is 3.17. The van der Waals surface area contributed by atoms with Crippen molar-refractivity contribution in [2.24, 2.45) is 5.92 Å². The highest BCUT2D eigenvalue weighted by Crippen LogP contribution is 2.09. The molecule has 0 saturated carbocycles. The van der Waals surface area contributed by atoms with Crippen molar-refractivity contribution in [3.8, 4) is 6.07 Å². The summed E-state index contributed by atoms with van der Waals surface area (Å²) in [6.07, 6.45) is 1.19. The third kappa shape index (κ3) is 2.98. The van der Waals surface area contributed by atoms with Gasteiger partial charge in [0.05, 0.1) is 12.0 Å². The molecule has 0 aromatic carbocycles. The fourth-order valence-corrected chi connectivity index (χ4v) is 2.05. The number of sulfonamides is 1. The van der Waals surface area contributed by atoms with Crippen LogP contribution in [0.2, 0.25) is 0 Å². The van der Waals surface area contributed by atoms with Gasteiger partial charge in [-0.15, -0.1) is 0 Å². The topological polar surface area (TPSA) is 82.9 Å². The largest absolute Gasteiger partial charge is 0.261 e. The van der Waals surface area contributed by atoms with Gasteiger partial charge >= 0.3 is 0 Å². The summed E-state index contributed by atoms with van der Waals surface area (Å²) in [4.78, 5) is 3.45. The number of nitriles is 1. The van der Waals surface area contributed by atoms with Crippen LogP contribution in [0.25, 0.3) is 0 Å². The Kier molecular flexibility index (Phi) is 3.93. The predicted molar refractivity (Wildman–Crippen MR) is 54.2 cm³/mol. The van der Waals surface area contributed by atoms with Gasteiger partial charge in [0, 0.05) is 12.7 Å². The van der Waals surface area contributed by atoms with Crippen molar-refractivity contribution in [1.82, 2.24) is 9.71 Å². The predicted octanol–water partition coefficient (Wildman–Crippen LogP) is 0.659. The number of halogens is 1. The molecule has 0 aliphatic heterocycles. The minimum absolute atomic E-state index is 0.0746. The molecule has 1 rings (SSSR count). The molecule has 1 aromatic heterocycles. The van der Waals surface area contributed by atoms with Crippen molar-refractivity contribution in [3.05, 3.63) is 24.1 Å². The van der Waals surface area contributed by atoms with Gasteiger partial charge in [-0.3, -0.25) is 0 Å². The summed E-state index contributed by atoms with van der Waals surface area (Å²) in [7, 11) is -3.98. The Hall–Kier alpha value is -1.52. The quantitative estimate of drug-likeness (QED) is 0.842. The molecule has 0 amide bonds. The molecule has 0 aliphatic carbocycles. The second kappa shape index (κ2) is 5.01. The van der Waals surface area contributed by atoms with Crippen LogP contribution in [-0.4, -0.2) is 19.9 Å². The molecule has 7 heteroatoms. The minimum atomic E-state index is -3.98. The van der Waals surface area contributed by atoms with E-state index in [-0.39, 0.29) is 6.54 Å². The van der Waals surface area contributed by atoms with E-state index < -0.39 is 26.8 Å². The first-order valence-corrected chi connectivity index (χ1v) is 5.95. The third-order valence-corrected chi connectivity index (χ3v) is 3.14. The monoisotopic (exact) mass is 243 g/mol. The van der Waals surface area contributed by atoms with E-state index in [1.165, 1.54) is 12.3 Å². The van der Waals surface area contributed by atoms with Crippen LogP contribution in [0.4, 0.5) is 4.39 Å². The van der Waals surface area contributed by atoms with Crippen LogP contribution in [0.3, 0.4) is 0 Å². The lowest BCUT2D eigenvalue weighted by molar-refractivity contribution is 0.540. The molecule has 0 aliphatic rings. The lowest BCUT2D eigenvalue weighted by Crippen LogP contribution is -2.29.